The van der Waals surface area contributed by atoms with Crippen LogP contribution in [0.3, 0.4) is 0 Å². The van der Waals surface area contributed by atoms with Crippen LogP contribution in [-0.4, -0.2) is 0 Å². The summed E-state index contributed by atoms with van der Waals surface area (Å²) in [7, 11) is 0. The normalized spacial score (nSPS) is 12.7. The van der Waals surface area contributed by atoms with Gasteiger partial charge in [-0.2, -0.15) is 0 Å². The molecule has 0 saturated heterocycles. The molecule has 0 spiro atoms. The first kappa shape index (κ1) is 15.4. The van der Waals surface area contributed by atoms with Gasteiger partial charge in [-0.1, -0.05) is 61.8 Å². The van der Waals surface area contributed by atoms with Crippen LogP contribution in [0.1, 0.15) is 41.5 Å². The molecule has 2 aromatic rings. The smallest absolute Gasteiger partial charge is 0.0849 e. The van der Waals surface area contributed by atoms with Crippen LogP contribution in [0.5, 0.6) is 0 Å². The Hall–Kier alpha value is -0.980. The first-order chi connectivity index (χ1) is 9.47. The highest BCUT2D eigenvalue weighted by molar-refractivity contribution is 6.33. The second-order valence-electron chi connectivity index (χ2n) is 5.73. The van der Waals surface area contributed by atoms with Gasteiger partial charge in [0.25, 0.3) is 0 Å². The third-order valence-electron chi connectivity index (χ3n) is 3.35. The van der Waals surface area contributed by atoms with E-state index < -0.39 is 0 Å². The summed E-state index contributed by atoms with van der Waals surface area (Å²) in [5.74, 6) is 0.666. The third kappa shape index (κ3) is 3.77. The maximum absolute atomic E-state index is 6.56. The molecule has 0 amide bonds. The first-order valence-electron chi connectivity index (χ1n) is 6.96. The van der Waals surface area contributed by atoms with E-state index in [-0.39, 0.29) is 5.38 Å². The standard InChI is InChI=1S/C18H20Cl2/c1-12(2)10-14-5-7-15(8-6-14)18(20)16-9-4-13(3)11-17(16)19/h4-9,11-12,18H,10H2,1-3H3. The molecule has 0 aliphatic carbocycles. The lowest BCUT2D eigenvalue weighted by atomic mass is 9.98. The largest absolute Gasteiger partial charge is 0.113 e. The Morgan fingerprint density at radius 1 is 1.00 bits per heavy atom. The zero-order valence-corrected chi connectivity index (χ0v) is 13.7. The summed E-state index contributed by atoms with van der Waals surface area (Å²) >= 11 is 12.9. The Balaban J connectivity index is 2.22. The minimum atomic E-state index is -0.198. The van der Waals surface area contributed by atoms with Crippen LogP contribution in [0, 0.1) is 12.8 Å². The molecule has 0 fully saturated rings. The van der Waals surface area contributed by atoms with Gasteiger partial charge in [0.2, 0.25) is 0 Å². The van der Waals surface area contributed by atoms with Gasteiger partial charge in [-0.3, -0.25) is 0 Å². The van der Waals surface area contributed by atoms with Crippen molar-refractivity contribution in [2.24, 2.45) is 5.92 Å². The van der Waals surface area contributed by atoms with Gasteiger partial charge in [-0.15, -0.1) is 11.6 Å². The summed E-state index contributed by atoms with van der Waals surface area (Å²) < 4.78 is 0. The van der Waals surface area contributed by atoms with Crippen molar-refractivity contribution in [2.75, 3.05) is 0 Å². The monoisotopic (exact) mass is 306 g/mol. The topological polar surface area (TPSA) is 0 Å². The van der Waals surface area contributed by atoms with Gasteiger partial charge in [0, 0.05) is 5.02 Å². The first-order valence-corrected chi connectivity index (χ1v) is 7.77. The SMILES string of the molecule is Cc1ccc(C(Cl)c2ccc(CC(C)C)cc2)c(Cl)c1. The molecule has 1 unspecified atom stereocenters. The highest BCUT2D eigenvalue weighted by Gasteiger charge is 2.14. The number of halogens is 2. The molecule has 0 nitrogen and oxygen atoms in total. The molecule has 0 aliphatic heterocycles. The van der Waals surface area contributed by atoms with Crippen molar-refractivity contribution in [3.63, 3.8) is 0 Å². The molecular formula is C18H20Cl2. The van der Waals surface area contributed by atoms with E-state index in [9.17, 15) is 0 Å². The zero-order chi connectivity index (χ0) is 14.7. The number of benzene rings is 2. The van der Waals surface area contributed by atoms with Crippen molar-refractivity contribution in [2.45, 2.75) is 32.6 Å². The molecule has 0 bridgehead atoms. The lowest BCUT2D eigenvalue weighted by Gasteiger charge is -2.14. The Kier molecular flexibility index (Phi) is 5.12. The second kappa shape index (κ2) is 6.65. The van der Waals surface area contributed by atoms with E-state index in [1.165, 1.54) is 5.56 Å². The van der Waals surface area contributed by atoms with Gasteiger partial charge >= 0.3 is 0 Å². The summed E-state index contributed by atoms with van der Waals surface area (Å²) in [6.45, 7) is 6.48. The molecule has 0 radical (unpaired) electrons. The maximum atomic E-state index is 6.56. The summed E-state index contributed by atoms with van der Waals surface area (Å²) in [4.78, 5) is 0. The molecule has 1 atom stereocenters. The van der Waals surface area contributed by atoms with E-state index >= 15 is 0 Å². The predicted octanol–water partition coefficient (Wildman–Crippen LogP) is 6.18. The summed E-state index contributed by atoms with van der Waals surface area (Å²) in [6.07, 6.45) is 1.10. The minimum absolute atomic E-state index is 0.198. The van der Waals surface area contributed by atoms with Crippen LogP contribution in [0.2, 0.25) is 5.02 Å². The predicted molar refractivity (Wildman–Crippen MR) is 88.9 cm³/mol. The van der Waals surface area contributed by atoms with Crippen molar-refractivity contribution >= 4 is 23.2 Å². The van der Waals surface area contributed by atoms with Crippen LogP contribution < -0.4 is 0 Å². The van der Waals surface area contributed by atoms with Gasteiger partial charge in [0.05, 0.1) is 5.38 Å². The Morgan fingerprint density at radius 2 is 1.65 bits per heavy atom. The average molecular weight is 307 g/mol. The molecule has 0 N–H and O–H groups in total. The van der Waals surface area contributed by atoms with E-state index in [1.807, 2.05) is 25.1 Å². The van der Waals surface area contributed by atoms with Crippen LogP contribution in [-0.2, 0) is 6.42 Å². The third-order valence-corrected chi connectivity index (χ3v) is 4.16. The van der Waals surface area contributed by atoms with Crippen LogP contribution >= 0.6 is 23.2 Å². The van der Waals surface area contributed by atoms with Crippen molar-refractivity contribution < 1.29 is 0 Å². The van der Waals surface area contributed by atoms with Crippen molar-refractivity contribution in [3.05, 3.63) is 69.7 Å². The number of hydrogen-bond acceptors (Lipinski definition) is 0. The van der Waals surface area contributed by atoms with Crippen LogP contribution in [0.25, 0.3) is 0 Å². The highest BCUT2D eigenvalue weighted by atomic mass is 35.5. The Labute approximate surface area is 131 Å². The number of aryl methyl sites for hydroxylation is 1. The van der Waals surface area contributed by atoms with Gasteiger partial charge in [0.15, 0.2) is 0 Å². The molecule has 2 heteroatoms. The van der Waals surface area contributed by atoms with E-state index in [1.54, 1.807) is 0 Å². The zero-order valence-electron chi connectivity index (χ0n) is 12.2. The van der Waals surface area contributed by atoms with Gasteiger partial charge in [-0.25, -0.2) is 0 Å². The van der Waals surface area contributed by atoms with Crippen LogP contribution in [0.15, 0.2) is 42.5 Å². The molecule has 0 saturated carbocycles. The maximum Gasteiger partial charge on any atom is 0.0849 e. The molecule has 0 aromatic heterocycles. The number of alkyl halides is 1. The number of rotatable bonds is 4. The molecule has 0 aliphatic rings. The molecule has 0 heterocycles. The van der Waals surface area contributed by atoms with Gasteiger partial charge in [0.1, 0.15) is 0 Å². The molecule has 2 aromatic carbocycles. The summed E-state index contributed by atoms with van der Waals surface area (Å²) in [5.41, 5.74) is 4.55. The van der Waals surface area contributed by atoms with E-state index in [4.69, 9.17) is 23.2 Å². The van der Waals surface area contributed by atoms with Crippen LogP contribution in [0.4, 0.5) is 0 Å². The van der Waals surface area contributed by atoms with E-state index in [0.717, 1.165) is 28.1 Å². The van der Waals surface area contributed by atoms with Crippen molar-refractivity contribution in [1.82, 2.24) is 0 Å². The fourth-order valence-corrected chi connectivity index (χ4v) is 3.05. The van der Waals surface area contributed by atoms with Gasteiger partial charge in [-0.05, 0) is 47.6 Å². The lowest BCUT2D eigenvalue weighted by Crippen LogP contribution is -1.97. The van der Waals surface area contributed by atoms with Crippen molar-refractivity contribution in [1.29, 1.82) is 0 Å². The fraction of sp³-hybridized carbons (Fsp3) is 0.333. The lowest BCUT2D eigenvalue weighted by molar-refractivity contribution is 0.647. The molecular weight excluding hydrogens is 287 g/mol. The Morgan fingerprint density at radius 3 is 2.20 bits per heavy atom. The minimum Gasteiger partial charge on any atom is -0.113 e. The molecule has 2 rings (SSSR count). The average Bonchev–Trinajstić information content (AvgIpc) is 2.38. The molecule has 106 valence electrons. The summed E-state index contributed by atoms with van der Waals surface area (Å²) in [5, 5.41) is 0.535. The highest BCUT2D eigenvalue weighted by Crippen LogP contribution is 2.34. The van der Waals surface area contributed by atoms with E-state index in [0.29, 0.717) is 5.92 Å². The quantitative estimate of drug-likeness (QED) is 0.592. The second-order valence-corrected chi connectivity index (χ2v) is 6.57. The van der Waals surface area contributed by atoms with E-state index in [2.05, 4.69) is 38.1 Å². The fourth-order valence-electron chi connectivity index (χ4n) is 2.31. The van der Waals surface area contributed by atoms with Crippen molar-refractivity contribution in [3.8, 4) is 0 Å². The summed E-state index contributed by atoms with van der Waals surface area (Å²) in [6, 6.07) is 14.5. The Bertz CT molecular complexity index is 570. The van der Waals surface area contributed by atoms with Gasteiger partial charge < -0.3 is 0 Å². The number of hydrogen-bond donors (Lipinski definition) is 0. The molecule has 20 heavy (non-hydrogen) atoms.